The number of para-hydroxylation sites is 1. The van der Waals surface area contributed by atoms with Crippen LogP contribution in [0.4, 0.5) is 0 Å². The third-order valence-corrected chi connectivity index (χ3v) is 4.42. The molecule has 0 fully saturated rings. The van der Waals surface area contributed by atoms with Gasteiger partial charge in [0.15, 0.2) is 0 Å². The number of rotatable bonds is 3. The Labute approximate surface area is 126 Å². The van der Waals surface area contributed by atoms with E-state index in [2.05, 4.69) is 27.2 Å². The molecule has 1 N–H and O–H groups in total. The lowest BCUT2D eigenvalue weighted by molar-refractivity contribution is 0.0959. The second-order valence-corrected chi connectivity index (χ2v) is 5.70. The zero-order valence-electron chi connectivity index (χ0n) is 11.8. The van der Waals surface area contributed by atoms with Crippen LogP contribution in [0, 0.1) is 6.92 Å². The van der Waals surface area contributed by atoms with Gasteiger partial charge in [0.05, 0.1) is 11.1 Å². The lowest BCUT2D eigenvalue weighted by Crippen LogP contribution is -2.16. The molecule has 0 saturated heterocycles. The molecule has 0 unspecified atom stereocenters. The summed E-state index contributed by atoms with van der Waals surface area (Å²) in [5, 5.41) is 7.09. The number of amides is 1. The van der Waals surface area contributed by atoms with Gasteiger partial charge in [-0.1, -0.05) is 24.3 Å². The van der Waals surface area contributed by atoms with Gasteiger partial charge in [-0.3, -0.25) is 4.79 Å². The first-order valence-corrected chi connectivity index (χ1v) is 7.47. The number of aryl methyl sites for hydroxylation is 1. The quantitative estimate of drug-likeness (QED) is 0.585. The van der Waals surface area contributed by atoms with Crippen molar-refractivity contribution in [2.45, 2.75) is 6.92 Å². The van der Waals surface area contributed by atoms with E-state index in [-0.39, 0.29) is 5.91 Å². The van der Waals surface area contributed by atoms with E-state index < -0.39 is 0 Å². The van der Waals surface area contributed by atoms with Gasteiger partial charge in [-0.15, -0.1) is 11.3 Å². The van der Waals surface area contributed by atoms with E-state index >= 15 is 0 Å². The van der Waals surface area contributed by atoms with Crippen molar-refractivity contribution in [2.24, 2.45) is 12.1 Å². The summed E-state index contributed by atoms with van der Waals surface area (Å²) in [6, 6.07) is 11.8. The van der Waals surface area contributed by atoms with Crippen LogP contribution < -0.4 is 5.43 Å². The molecule has 106 valence electrons. The fourth-order valence-corrected chi connectivity index (χ4v) is 2.94. The second kappa shape index (κ2) is 5.54. The highest BCUT2D eigenvalue weighted by atomic mass is 32.1. The summed E-state index contributed by atoms with van der Waals surface area (Å²) < 4.78 is 2.12. The van der Waals surface area contributed by atoms with Gasteiger partial charge in [0.1, 0.15) is 0 Å². The number of hydrogen-bond donors (Lipinski definition) is 1. The lowest BCUT2D eigenvalue weighted by Gasteiger charge is -1.98. The van der Waals surface area contributed by atoms with Crippen molar-refractivity contribution in [2.75, 3.05) is 0 Å². The van der Waals surface area contributed by atoms with Crippen LogP contribution in [0.3, 0.4) is 0 Å². The van der Waals surface area contributed by atoms with Crippen molar-refractivity contribution in [1.29, 1.82) is 0 Å². The second-order valence-electron chi connectivity index (χ2n) is 4.75. The third kappa shape index (κ3) is 2.48. The van der Waals surface area contributed by atoms with Crippen molar-refractivity contribution in [1.82, 2.24) is 9.99 Å². The maximum absolute atomic E-state index is 11.8. The van der Waals surface area contributed by atoms with E-state index in [4.69, 9.17) is 0 Å². The molecule has 0 radical (unpaired) electrons. The summed E-state index contributed by atoms with van der Waals surface area (Å²) in [5.41, 5.74) is 5.86. The van der Waals surface area contributed by atoms with Crippen LogP contribution in [-0.2, 0) is 7.05 Å². The number of aromatic nitrogens is 1. The molecule has 1 amide bonds. The summed E-state index contributed by atoms with van der Waals surface area (Å²) in [4.78, 5) is 12.5. The maximum Gasteiger partial charge on any atom is 0.281 e. The smallest absolute Gasteiger partial charge is 0.281 e. The SMILES string of the molecule is Cc1c(/C=N\NC(=O)c2cccs2)c2ccccc2n1C. The minimum absolute atomic E-state index is 0.181. The molecule has 0 aliphatic carbocycles. The predicted octanol–water partition coefficient (Wildman–Crippen LogP) is 3.31. The van der Waals surface area contributed by atoms with Gasteiger partial charge in [-0.2, -0.15) is 5.10 Å². The standard InChI is InChI=1S/C16H15N3OS/c1-11-13(12-6-3-4-7-14(12)19(11)2)10-17-18-16(20)15-8-5-9-21-15/h3-10H,1-2H3,(H,18,20)/b17-10-. The number of carbonyl (C=O) groups excluding carboxylic acids is 1. The van der Waals surface area contributed by atoms with Gasteiger partial charge in [0, 0.05) is 29.2 Å². The van der Waals surface area contributed by atoms with Gasteiger partial charge in [0.25, 0.3) is 5.91 Å². The third-order valence-electron chi connectivity index (χ3n) is 3.55. The zero-order chi connectivity index (χ0) is 14.8. The number of nitrogens with one attached hydrogen (secondary N) is 1. The number of carbonyl (C=O) groups is 1. The van der Waals surface area contributed by atoms with Gasteiger partial charge in [0.2, 0.25) is 0 Å². The van der Waals surface area contributed by atoms with Crippen LogP contribution >= 0.6 is 11.3 Å². The molecule has 21 heavy (non-hydrogen) atoms. The molecule has 1 aromatic carbocycles. The molecule has 0 spiro atoms. The lowest BCUT2D eigenvalue weighted by atomic mass is 10.1. The van der Waals surface area contributed by atoms with Crippen LogP contribution in [0.25, 0.3) is 10.9 Å². The Morgan fingerprint density at radius 1 is 1.29 bits per heavy atom. The highest BCUT2D eigenvalue weighted by molar-refractivity contribution is 7.12. The molecule has 0 bridgehead atoms. The molecule has 3 aromatic rings. The summed E-state index contributed by atoms with van der Waals surface area (Å²) in [7, 11) is 2.03. The summed E-state index contributed by atoms with van der Waals surface area (Å²) >= 11 is 1.40. The Morgan fingerprint density at radius 2 is 2.10 bits per heavy atom. The van der Waals surface area contributed by atoms with Crippen LogP contribution in [0.5, 0.6) is 0 Å². The van der Waals surface area contributed by atoms with Crippen molar-refractivity contribution < 1.29 is 4.79 Å². The van der Waals surface area contributed by atoms with Crippen molar-refractivity contribution in [3.63, 3.8) is 0 Å². The van der Waals surface area contributed by atoms with Gasteiger partial charge < -0.3 is 4.57 Å². The van der Waals surface area contributed by atoms with E-state index in [0.717, 1.165) is 22.2 Å². The number of thiophene rings is 1. The fourth-order valence-electron chi connectivity index (χ4n) is 2.33. The first-order chi connectivity index (χ1) is 10.2. The zero-order valence-corrected chi connectivity index (χ0v) is 12.6. The molecular weight excluding hydrogens is 282 g/mol. The number of hydrazone groups is 1. The van der Waals surface area contributed by atoms with Gasteiger partial charge >= 0.3 is 0 Å². The van der Waals surface area contributed by atoms with Crippen LogP contribution in [0.15, 0.2) is 46.9 Å². The van der Waals surface area contributed by atoms with E-state index in [0.29, 0.717) is 4.88 Å². The summed E-state index contributed by atoms with van der Waals surface area (Å²) in [6.45, 7) is 2.04. The van der Waals surface area contributed by atoms with E-state index in [1.54, 1.807) is 12.3 Å². The maximum atomic E-state index is 11.8. The number of benzene rings is 1. The van der Waals surface area contributed by atoms with Crippen LogP contribution in [-0.4, -0.2) is 16.7 Å². The molecule has 0 aliphatic heterocycles. The van der Waals surface area contributed by atoms with E-state index in [9.17, 15) is 4.79 Å². The highest BCUT2D eigenvalue weighted by Gasteiger charge is 2.09. The normalized spacial score (nSPS) is 11.3. The highest BCUT2D eigenvalue weighted by Crippen LogP contribution is 2.22. The Hall–Kier alpha value is -2.40. The number of fused-ring (bicyclic) bond motifs is 1. The first-order valence-electron chi connectivity index (χ1n) is 6.59. The monoisotopic (exact) mass is 297 g/mol. The summed E-state index contributed by atoms with van der Waals surface area (Å²) in [6.07, 6.45) is 1.71. The first kappa shape index (κ1) is 13.6. The van der Waals surface area contributed by atoms with Crippen LogP contribution in [0.1, 0.15) is 20.9 Å². The summed E-state index contributed by atoms with van der Waals surface area (Å²) in [5.74, 6) is -0.181. The molecule has 3 rings (SSSR count). The molecule has 0 atom stereocenters. The Bertz CT molecular complexity index is 816. The molecular formula is C16H15N3OS. The Balaban J connectivity index is 1.87. The molecule has 4 nitrogen and oxygen atoms in total. The topological polar surface area (TPSA) is 46.4 Å². The van der Waals surface area contributed by atoms with Crippen LogP contribution in [0.2, 0.25) is 0 Å². The molecule has 2 heterocycles. The Morgan fingerprint density at radius 3 is 2.86 bits per heavy atom. The minimum atomic E-state index is -0.181. The molecule has 0 aliphatic rings. The average Bonchev–Trinajstić information content (AvgIpc) is 3.11. The Kier molecular flexibility index (Phi) is 3.58. The van der Waals surface area contributed by atoms with E-state index in [1.807, 2.05) is 37.6 Å². The van der Waals surface area contributed by atoms with Crippen molar-refractivity contribution in [3.8, 4) is 0 Å². The van der Waals surface area contributed by atoms with Gasteiger partial charge in [-0.25, -0.2) is 5.43 Å². The van der Waals surface area contributed by atoms with Gasteiger partial charge in [-0.05, 0) is 24.4 Å². The average molecular weight is 297 g/mol. The predicted molar refractivity (Wildman–Crippen MR) is 87.0 cm³/mol. The van der Waals surface area contributed by atoms with Crippen molar-refractivity contribution >= 4 is 34.4 Å². The van der Waals surface area contributed by atoms with E-state index in [1.165, 1.54) is 11.3 Å². The largest absolute Gasteiger partial charge is 0.347 e. The molecule has 5 heteroatoms. The minimum Gasteiger partial charge on any atom is -0.347 e. The fraction of sp³-hybridized carbons (Fsp3) is 0.125. The number of nitrogens with zero attached hydrogens (tertiary/aromatic N) is 2. The molecule has 0 saturated carbocycles. The number of hydrogen-bond acceptors (Lipinski definition) is 3. The molecule has 2 aromatic heterocycles. The van der Waals surface area contributed by atoms with Crippen molar-refractivity contribution in [3.05, 3.63) is 57.9 Å².